The van der Waals surface area contributed by atoms with Crippen molar-refractivity contribution in [1.82, 2.24) is 19.7 Å². The molecule has 3 heterocycles. The number of likely N-dealkylation sites (tertiary alicyclic amines) is 1. The van der Waals surface area contributed by atoms with Crippen molar-refractivity contribution in [3.8, 4) is 10.7 Å². The molecule has 0 bridgehead atoms. The van der Waals surface area contributed by atoms with Gasteiger partial charge in [-0.05, 0) is 55.5 Å². The van der Waals surface area contributed by atoms with Crippen LogP contribution in [0.5, 0.6) is 0 Å². The van der Waals surface area contributed by atoms with Gasteiger partial charge in [-0.25, -0.2) is 0 Å². The van der Waals surface area contributed by atoms with Crippen LogP contribution in [0.25, 0.3) is 10.7 Å². The predicted molar refractivity (Wildman–Crippen MR) is 85.6 cm³/mol. The van der Waals surface area contributed by atoms with Gasteiger partial charge in [0.1, 0.15) is 0 Å². The van der Waals surface area contributed by atoms with E-state index in [2.05, 4.69) is 44.1 Å². The molecular formula is C14H20N4S2. The number of thiophene rings is 1. The molecule has 1 N–H and O–H groups in total. The number of nitrogens with zero attached hydrogens (tertiary/aromatic N) is 3. The monoisotopic (exact) mass is 308 g/mol. The van der Waals surface area contributed by atoms with Gasteiger partial charge in [-0.1, -0.05) is 13.0 Å². The molecule has 3 rings (SSSR count). The molecule has 20 heavy (non-hydrogen) atoms. The van der Waals surface area contributed by atoms with Crippen molar-refractivity contribution in [3.05, 3.63) is 22.3 Å². The zero-order valence-electron chi connectivity index (χ0n) is 11.7. The lowest BCUT2D eigenvalue weighted by molar-refractivity contribution is 0.271. The first-order valence-corrected chi connectivity index (χ1v) is 8.44. The number of rotatable bonds is 5. The summed E-state index contributed by atoms with van der Waals surface area (Å²) in [6, 6.07) is 4.15. The highest BCUT2D eigenvalue weighted by Gasteiger charge is 2.17. The highest BCUT2D eigenvalue weighted by molar-refractivity contribution is 7.71. The molecule has 1 atom stereocenters. The summed E-state index contributed by atoms with van der Waals surface area (Å²) in [6.07, 6.45) is 2.69. The van der Waals surface area contributed by atoms with Gasteiger partial charge in [0.05, 0.1) is 4.88 Å². The molecule has 1 aliphatic rings. The molecule has 1 aliphatic heterocycles. The van der Waals surface area contributed by atoms with Crippen LogP contribution in [-0.4, -0.2) is 39.3 Å². The summed E-state index contributed by atoms with van der Waals surface area (Å²) in [6.45, 7) is 6.87. The summed E-state index contributed by atoms with van der Waals surface area (Å²) in [5, 5.41) is 9.39. The first-order valence-electron chi connectivity index (χ1n) is 7.15. The fraction of sp³-hybridized carbons (Fsp3) is 0.571. The lowest BCUT2D eigenvalue weighted by Crippen LogP contribution is -2.27. The number of aromatic amines is 1. The van der Waals surface area contributed by atoms with Gasteiger partial charge in [-0.15, -0.1) is 11.3 Å². The van der Waals surface area contributed by atoms with Crippen LogP contribution in [0.1, 0.15) is 19.8 Å². The van der Waals surface area contributed by atoms with E-state index in [0.717, 1.165) is 23.7 Å². The zero-order chi connectivity index (χ0) is 13.9. The first-order chi connectivity index (χ1) is 9.74. The number of aromatic nitrogens is 3. The molecular weight excluding hydrogens is 288 g/mol. The van der Waals surface area contributed by atoms with Gasteiger partial charge >= 0.3 is 0 Å². The summed E-state index contributed by atoms with van der Waals surface area (Å²) in [4.78, 5) is 3.73. The van der Waals surface area contributed by atoms with E-state index >= 15 is 0 Å². The van der Waals surface area contributed by atoms with Gasteiger partial charge < -0.3 is 4.90 Å². The van der Waals surface area contributed by atoms with Crippen LogP contribution in [0, 0.1) is 10.7 Å². The van der Waals surface area contributed by atoms with Crippen LogP contribution < -0.4 is 0 Å². The molecule has 4 nitrogen and oxygen atoms in total. The van der Waals surface area contributed by atoms with E-state index < -0.39 is 0 Å². The largest absolute Gasteiger partial charge is 0.303 e. The Kier molecular flexibility index (Phi) is 4.33. The molecule has 1 unspecified atom stereocenters. The van der Waals surface area contributed by atoms with Gasteiger partial charge in [-0.3, -0.25) is 9.67 Å². The number of nitrogens with one attached hydrogen (secondary N) is 1. The van der Waals surface area contributed by atoms with E-state index in [-0.39, 0.29) is 0 Å². The first kappa shape index (κ1) is 14.0. The molecule has 2 aromatic heterocycles. The summed E-state index contributed by atoms with van der Waals surface area (Å²) in [5.74, 6) is 1.55. The van der Waals surface area contributed by atoms with Crippen LogP contribution in [0.3, 0.4) is 0 Å². The second-order valence-electron chi connectivity index (χ2n) is 5.55. The molecule has 2 aromatic rings. The second-order valence-corrected chi connectivity index (χ2v) is 6.89. The second kappa shape index (κ2) is 6.20. The molecule has 0 aliphatic carbocycles. The minimum atomic E-state index is 0.580. The maximum atomic E-state index is 5.38. The molecule has 0 spiro atoms. The van der Waals surface area contributed by atoms with E-state index in [1.165, 1.54) is 30.8 Å². The van der Waals surface area contributed by atoms with E-state index in [4.69, 9.17) is 12.2 Å². The van der Waals surface area contributed by atoms with Crippen molar-refractivity contribution in [1.29, 1.82) is 0 Å². The zero-order valence-corrected chi connectivity index (χ0v) is 13.3. The molecule has 1 fully saturated rings. The molecule has 0 aromatic carbocycles. The lowest BCUT2D eigenvalue weighted by Gasteiger charge is -2.20. The molecule has 108 valence electrons. The van der Waals surface area contributed by atoms with Gasteiger partial charge in [0.15, 0.2) is 10.6 Å². The van der Waals surface area contributed by atoms with Crippen molar-refractivity contribution in [2.75, 3.05) is 19.6 Å². The SMILES string of the molecule is CC(CN1CCCC1)Cn1c(-c2cccs2)n[nH]c1=S. The van der Waals surface area contributed by atoms with Gasteiger partial charge in [0.25, 0.3) is 0 Å². The summed E-state index contributed by atoms with van der Waals surface area (Å²) in [7, 11) is 0. The van der Waals surface area contributed by atoms with Crippen molar-refractivity contribution >= 4 is 23.6 Å². The van der Waals surface area contributed by atoms with E-state index in [1.54, 1.807) is 11.3 Å². The average Bonchev–Trinajstić information content (AvgIpc) is 3.13. The van der Waals surface area contributed by atoms with E-state index in [0.29, 0.717) is 5.92 Å². The van der Waals surface area contributed by atoms with Crippen molar-refractivity contribution in [2.45, 2.75) is 26.3 Å². The van der Waals surface area contributed by atoms with Crippen molar-refractivity contribution < 1.29 is 0 Å². The van der Waals surface area contributed by atoms with Crippen molar-refractivity contribution in [2.24, 2.45) is 5.92 Å². The quantitative estimate of drug-likeness (QED) is 0.860. The normalized spacial score (nSPS) is 17.6. The van der Waals surface area contributed by atoms with Crippen LogP contribution in [-0.2, 0) is 6.54 Å². The topological polar surface area (TPSA) is 36.9 Å². The van der Waals surface area contributed by atoms with E-state index in [9.17, 15) is 0 Å². The molecule has 0 radical (unpaired) electrons. The molecule has 1 saturated heterocycles. The predicted octanol–water partition coefficient (Wildman–Crippen LogP) is 3.40. The Morgan fingerprint density at radius 2 is 2.20 bits per heavy atom. The molecule has 6 heteroatoms. The van der Waals surface area contributed by atoms with Gasteiger partial charge in [0.2, 0.25) is 0 Å². The fourth-order valence-electron chi connectivity index (χ4n) is 2.86. The third-order valence-electron chi connectivity index (χ3n) is 3.76. The Balaban J connectivity index is 1.73. The minimum absolute atomic E-state index is 0.580. The smallest absolute Gasteiger partial charge is 0.195 e. The Morgan fingerprint density at radius 1 is 1.40 bits per heavy atom. The fourth-order valence-corrected chi connectivity index (χ4v) is 3.79. The summed E-state index contributed by atoms with van der Waals surface area (Å²) >= 11 is 7.09. The number of H-pyrrole nitrogens is 1. The minimum Gasteiger partial charge on any atom is -0.303 e. The Morgan fingerprint density at radius 3 is 2.90 bits per heavy atom. The number of hydrogen-bond acceptors (Lipinski definition) is 4. The highest BCUT2D eigenvalue weighted by atomic mass is 32.1. The third-order valence-corrected chi connectivity index (χ3v) is 4.94. The lowest BCUT2D eigenvalue weighted by atomic mass is 10.1. The Labute approximate surface area is 128 Å². The molecule has 0 saturated carbocycles. The highest BCUT2D eigenvalue weighted by Crippen LogP contribution is 2.23. The molecule has 0 amide bonds. The Hall–Kier alpha value is -0.980. The van der Waals surface area contributed by atoms with Crippen LogP contribution >= 0.6 is 23.6 Å². The standard InChI is InChI=1S/C14H20N4S2/c1-11(9-17-6-2-3-7-17)10-18-13(15-16-14(18)19)12-5-4-8-20-12/h4-5,8,11H,2-3,6-7,9-10H2,1H3,(H,16,19). The Bertz CT molecular complexity index is 593. The third kappa shape index (κ3) is 3.02. The summed E-state index contributed by atoms with van der Waals surface area (Å²) < 4.78 is 2.86. The average molecular weight is 308 g/mol. The number of hydrogen-bond donors (Lipinski definition) is 1. The van der Waals surface area contributed by atoms with Crippen LogP contribution in [0.4, 0.5) is 0 Å². The summed E-state index contributed by atoms with van der Waals surface area (Å²) in [5.41, 5.74) is 0. The van der Waals surface area contributed by atoms with Crippen LogP contribution in [0.15, 0.2) is 17.5 Å². The maximum Gasteiger partial charge on any atom is 0.195 e. The van der Waals surface area contributed by atoms with Gasteiger partial charge in [0, 0.05) is 13.1 Å². The van der Waals surface area contributed by atoms with Gasteiger partial charge in [-0.2, -0.15) is 5.10 Å². The maximum absolute atomic E-state index is 5.38. The van der Waals surface area contributed by atoms with Crippen molar-refractivity contribution in [3.63, 3.8) is 0 Å². The van der Waals surface area contributed by atoms with E-state index in [1.807, 2.05) is 0 Å². The van der Waals surface area contributed by atoms with Crippen LogP contribution in [0.2, 0.25) is 0 Å².